The molecule has 0 atom stereocenters. The minimum absolute atomic E-state index is 0.274. The van der Waals surface area contributed by atoms with Gasteiger partial charge in [0, 0.05) is 4.90 Å². The largest absolute Gasteiger partial charge is 0.507 e. The number of hydrogen-bond acceptors (Lipinski definition) is 2. The van der Waals surface area contributed by atoms with Crippen LogP contribution in [0.2, 0.25) is 0 Å². The lowest BCUT2D eigenvalue weighted by Crippen LogP contribution is -1.88. The van der Waals surface area contributed by atoms with Gasteiger partial charge < -0.3 is 5.11 Å². The van der Waals surface area contributed by atoms with Gasteiger partial charge in [0.1, 0.15) is 5.75 Å². The Morgan fingerprint density at radius 2 is 2.09 bits per heavy atom. The summed E-state index contributed by atoms with van der Waals surface area (Å²) in [5.74, 6) is 0.274. The minimum atomic E-state index is 0.274. The third-order valence-electron chi connectivity index (χ3n) is 1.85. The minimum Gasteiger partial charge on any atom is -0.507 e. The molecule has 0 heterocycles. The first-order valence-corrected chi connectivity index (χ1v) is 4.12. The Morgan fingerprint density at radius 1 is 1.45 bits per heavy atom. The van der Waals surface area contributed by atoms with Gasteiger partial charge in [-0.2, -0.15) is 0 Å². The van der Waals surface area contributed by atoms with Crippen molar-refractivity contribution < 1.29 is 5.11 Å². The van der Waals surface area contributed by atoms with Crippen LogP contribution in [0.1, 0.15) is 18.1 Å². The van der Waals surface area contributed by atoms with Crippen molar-refractivity contribution >= 4 is 12.6 Å². The highest BCUT2D eigenvalue weighted by Gasteiger charge is 2.04. The number of phenols is 1. The number of rotatable bonds is 1. The molecule has 2 heteroatoms. The molecule has 1 aromatic rings. The maximum atomic E-state index is 9.28. The Morgan fingerprint density at radius 3 is 2.55 bits per heavy atom. The maximum absolute atomic E-state index is 9.28. The molecule has 11 heavy (non-hydrogen) atoms. The van der Waals surface area contributed by atoms with E-state index in [1.807, 2.05) is 13.0 Å². The first kappa shape index (κ1) is 8.47. The zero-order chi connectivity index (χ0) is 8.43. The normalized spacial score (nSPS) is 10.1. The van der Waals surface area contributed by atoms with Gasteiger partial charge in [0.2, 0.25) is 0 Å². The second kappa shape index (κ2) is 3.18. The van der Waals surface area contributed by atoms with Crippen LogP contribution in [0.15, 0.2) is 17.0 Å². The van der Waals surface area contributed by atoms with Gasteiger partial charge in [-0.05, 0) is 30.5 Å². The van der Waals surface area contributed by atoms with Gasteiger partial charge >= 0.3 is 0 Å². The number of hydrogen-bond donors (Lipinski definition) is 2. The second-order valence-corrected chi connectivity index (χ2v) is 3.03. The maximum Gasteiger partial charge on any atom is 0.129 e. The fraction of sp³-hybridized carbons (Fsp3) is 0.333. The van der Waals surface area contributed by atoms with Gasteiger partial charge in [0.25, 0.3) is 0 Å². The van der Waals surface area contributed by atoms with Crippen molar-refractivity contribution in [2.75, 3.05) is 0 Å². The molecule has 0 aliphatic carbocycles. The molecule has 0 radical (unpaired) electrons. The number of phenolic OH excluding ortho intramolecular Hbond substituents is 1. The summed E-state index contributed by atoms with van der Waals surface area (Å²) in [5, 5.41) is 9.28. The van der Waals surface area contributed by atoms with Gasteiger partial charge in [-0.25, -0.2) is 0 Å². The first-order chi connectivity index (χ1) is 5.16. The second-order valence-electron chi connectivity index (χ2n) is 2.58. The average Bonchev–Trinajstić information content (AvgIpc) is 1.99. The van der Waals surface area contributed by atoms with E-state index in [9.17, 15) is 5.11 Å². The van der Waals surface area contributed by atoms with Crippen LogP contribution in [0.4, 0.5) is 0 Å². The lowest BCUT2D eigenvalue weighted by atomic mass is 10.1. The topological polar surface area (TPSA) is 20.2 Å². The van der Waals surface area contributed by atoms with E-state index in [0.29, 0.717) is 4.90 Å². The molecule has 0 bridgehead atoms. The van der Waals surface area contributed by atoms with E-state index < -0.39 is 0 Å². The molecular weight excluding hydrogens is 156 g/mol. The number of benzene rings is 1. The Hall–Kier alpha value is -0.630. The molecule has 0 saturated heterocycles. The SMILES string of the molecule is CCc1c(C)ccc(O)c1S. The molecule has 0 unspecified atom stereocenters. The van der Waals surface area contributed by atoms with Crippen LogP contribution in [0.3, 0.4) is 0 Å². The first-order valence-electron chi connectivity index (χ1n) is 3.67. The zero-order valence-corrected chi connectivity index (χ0v) is 7.65. The summed E-state index contributed by atoms with van der Waals surface area (Å²) in [7, 11) is 0. The smallest absolute Gasteiger partial charge is 0.129 e. The van der Waals surface area contributed by atoms with Crippen LogP contribution in [0.25, 0.3) is 0 Å². The molecule has 1 aromatic carbocycles. The number of aryl methyl sites for hydroxylation is 1. The highest BCUT2D eigenvalue weighted by atomic mass is 32.1. The molecular formula is C9H12OS. The van der Waals surface area contributed by atoms with Crippen LogP contribution < -0.4 is 0 Å². The van der Waals surface area contributed by atoms with Gasteiger partial charge in [-0.15, -0.1) is 12.6 Å². The lowest BCUT2D eigenvalue weighted by molar-refractivity contribution is 0.461. The Balaban J connectivity index is 3.29. The average molecular weight is 168 g/mol. The third-order valence-corrected chi connectivity index (χ3v) is 2.35. The Bertz CT molecular complexity index is 269. The van der Waals surface area contributed by atoms with Crippen LogP contribution >= 0.6 is 12.6 Å². The fourth-order valence-electron chi connectivity index (χ4n) is 1.17. The summed E-state index contributed by atoms with van der Waals surface area (Å²) in [4.78, 5) is 0.715. The summed E-state index contributed by atoms with van der Waals surface area (Å²) in [6.45, 7) is 4.08. The van der Waals surface area contributed by atoms with E-state index in [0.717, 1.165) is 12.0 Å². The van der Waals surface area contributed by atoms with Crippen molar-refractivity contribution in [1.29, 1.82) is 0 Å². The molecule has 1 N–H and O–H groups in total. The van der Waals surface area contributed by atoms with Crippen molar-refractivity contribution in [2.45, 2.75) is 25.2 Å². The van der Waals surface area contributed by atoms with Crippen molar-refractivity contribution in [3.63, 3.8) is 0 Å². The van der Waals surface area contributed by atoms with Crippen molar-refractivity contribution in [3.8, 4) is 5.75 Å². The lowest BCUT2D eigenvalue weighted by Gasteiger charge is -2.07. The van der Waals surface area contributed by atoms with Gasteiger partial charge in [0.15, 0.2) is 0 Å². The predicted octanol–water partition coefficient (Wildman–Crippen LogP) is 2.55. The van der Waals surface area contributed by atoms with Crippen molar-refractivity contribution in [1.82, 2.24) is 0 Å². The van der Waals surface area contributed by atoms with Gasteiger partial charge in [-0.3, -0.25) is 0 Å². The van der Waals surface area contributed by atoms with Crippen LogP contribution in [-0.2, 0) is 6.42 Å². The van der Waals surface area contributed by atoms with Gasteiger partial charge in [0.05, 0.1) is 0 Å². The molecule has 0 aromatic heterocycles. The monoisotopic (exact) mass is 168 g/mol. The van der Waals surface area contributed by atoms with Crippen LogP contribution in [0.5, 0.6) is 5.75 Å². The molecule has 0 amide bonds. The highest BCUT2D eigenvalue weighted by Crippen LogP contribution is 2.27. The van der Waals surface area contributed by atoms with Crippen molar-refractivity contribution in [2.24, 2.45) is 0 Å². The molecule has 0 saturated carbocycles. The molecule has 1 nitrogen and oxygen atoms in total. The zero-order valence-electron chi connectivity index (χ0n) is 6.76. The Labute approximate surface area is 72.5 Å². The van der Waals surface area contributed by atoms with E-state index in [-0.39, 0.29) is 5.75 Å². The highest BCUT2D eigenvalue weighted by molar-refractivity contribution is 7.80. The van der Waals surface area contributed by atoms with E-state index >= 15 is 0 Å². The van der Waals surface area contributed by atoms with E-state index in [4.69, 9.17) is 0 Å². The summed E-state index contributed by atoms with van der Waals surface area (Å²) in [5.41, 5.74) is 2.32. The molecule has 1 rings (SSSR count). The fourth-order valence-corrected chi connectivity index (χ4v) is 1.58. The summed E-state index contributed by atoms with van der Waals surface area (Å²) in [6.07, 6.45) is 0.916. The molecule has 0 aliphatic rings. The predicted molar refractivity (Wildman–Crippen MR) is 49.5 cm³/mol. The third kappa shape index (κ3) is 1.51. The number of thiol groups is 1. The summed E-state index contributed by atoms with van der Waals surface area (Å²) in [6, 6.07) is 3.59. The summed E-state index contributed by atoms with van der Waals surface area (Å²) >= 11 is 4.21. The molecule has 0 spiro atoms. The Kier molecular flexibility index (Phi) is 2.45. The molecule has 60 valence electrons. The van der Waals surface area contributed by atoms with Gasteiger partial charge in [-0.1, -0.05) is 13.0 Å². The van der Waals surface area contributed by atoms with Crippen LogP contribution in [-0.4, -0.2) is 5.11 Å². The van der Waals surface area contributed by atoms with E-state index in [1.54, 1.807) is 6.07 Å². The molecule has 0 aliphatic heterocycles. The summed E-state index contributed by atoms with van der Waals surface area (Å²) < 4.78 is 0. The molecule has 0 fully saturated rings. The quantitative estimate of drug-likeness (QED) is 0.617. The van der Waals surface area contributed by atoms with Crippen molar-refractivity contribution in [3.05, 3.63) is 23.3 Å². The van der Waals surface area contributed by atoms with Crippen LogP contribution in [0, 0.1) is 6.92 Å². The standard InChI is InChI=1S/C9H12OS/c1-3-7-6(2)4-5-8(10)9(7)11/h4-5,10-11H,3H2,1-2H3. The van der Waals surface area contributed by atoms with E-state index in [1.165, 1.54) is 5.56 Å². The number of aromatic hydroxyl groups is 1. The van der Waals surface area contributed by atoms with E-state index in [2.05, 4.69) is 19.6 Å².